The van der Waals surface area contributed by atoms with Gasteiger partial charge in [0.25, 0.3) is 0 Å². The van der Waals surface area contributed by atoms with Crippen molar-refractivity contribution in [2.75, 3.05) is 19.0 Å². The number of carboxylic acids is 1. The van der Waals surface area contributed by atoms with Gasteiger partial charge in [0.2, 0.25) is 0 Å². The molecule has 0 aliphatic carbocycles. The molecule has 0 spiro atoms. The van der Waals surface area contributed by atoms with Crippen LogP contribution >= 0.6 is 0 Å². The van der Waals surface area contributed by atoms with Crippen LogP contribution in [0.1, 0.15) is 19.4 Å². The van der Waals surface area contributed by atoms with Crippen LogP contribution in [0.2, 0.25) is 0 Å². The molecule has 2 aromatic carbocycles. The fourth-order valence-electron chi connectivity index (χ4n) is 2.53. The van der Waals surface area contributed by atoms with Crippen LogP contribution in [0.5, 0.6) is 5.75 Å². The number of rotatable bonds is 11. The maximum Gasteiger partial charge on any atom is 0.333 e. The molecule has 0 saturated carbocycles. The van der Waals surface area contributed by atoms with Crippen LogP contribution in [0, 0.1) is 0 Å². The quantitative estimate of drug-likeness (QED) is 0.426. The summed E-state index contributed by atoms with van der Waals surface area (Å²) in [6.45, 7) is 3.87. The van der Waals surface area contributed by atoms with Crippen molar-refractivity contribution >= 4 is 15.8 Å². The third-order valence-corrected chi connectivity index (χ3v) is 5.80. The van der Waals surface area contributed by atoms with E-state index in [1.165, 1.54) is 0 Å². The predicted molar refractivity (Wildman–Crippen MR) is 109 cm³/mol. The molecular formula is C21H25NO6S. The Labute approximate surface area is 170 Å². The minimum atomic E-state index is -3.40. The first-order valence-electron chi connectivity index (χ1n) is 9.14. The van der Waals surface area contributed by atoms with E-state index in [1.807, 2.05) is 0 Å². The Hall–Kier alpha value is -2.84. The van der Waals surface area contributed by atoms with Crippen molar-refractivity contribution in [1.29, 1.82) is 0 Å². The minimum Gasteiger partial charge on any atom is -0.493 e. The lowest BCUT2D eigenvalue weighted by Gasteiger charge is -2.11. The summed E-state index contributed by atoms with van der Waals surface area (Å²) in [6.07, 6.45) is 0.212. The van der Waals surface area contributed by atoms with E-state index in [4.69, 9.17) is 9.57 Å². The van der Waals surface area contributed by atoms with E-state index in [2.05, 4.69) is 5.48 Å². The molecule has 0 fully saturated rings. The second-order valence-electron chi connectivity index (χ2n) is 6.24. The van der Waals surface area contributed by atoms with Crippen LogP contribution in [-0.2, 0) is 25.9 Å². The molecule has 0 aromatic heterocycles. The first kappa shape index (κ1) is 22.4. The highest BCUT2D eigenvalue weighted by Crippen LogP contribution is 2.17. The lowest BCUT2D eigenvalue weighted by atomic mass is 10.0. The van der Waals surface area contributed by atoms with E-state index < -0.39 is 15.8 Å². The summed E-state index contributed by atoms with van der Waals surface area (Å²) in [5.41, 5.74) is 4.03. The average Bonchev–Trinajstić information content (AvgIpc) is 2.71. The fraction of sp³-hybridized carbons (Fsp3) is 0.286. The second kappa shape index (κ2) is 10.6. The number of hydrogen-bond acceptors (Lipinski definition) is 6. The van der Waals surface area contributed by atoms with Gasteiger partial charge in [0.15, 0.2) is 9.84 Å². The van der Waals surface area contributed by atoms with Crippen molar-refractivity contribution in [2.24, 2.45) is 0 Å². The van der Waals surface area contributed by atoms with Crippen LogP contribution in [0.15, 0.2) is 70.8 Å². The molecule has 8 heteroatoms. The Kier molecular flexibility index (Phi) is 8.23. The molecule has 7 nitrogen and oxygen atoms in total. The smallest absolute Gasteiger partial charge is 0.333 e. The van der Waals surface area contributed by atoms with Crippen molar-refractivity contribution in [3.63, 3.8) is 0 Å². The van der Waals surface area contributed by atoms with Gasteiger partial charge in [0.05, 0.1) is 22.8 Å². The number of allylic oxidation sites excluding steroid dienone is 1. The Bertz CT molecular complexity index is 937. The first-order valence-corrected chi connectivity index (χ1v) is 10.8. The molecule has 29 heavy (non-hydrogen) atoms. The lowest BCUT2D eigenvalue weighted by molar-refractivity contribution is -0.132. The van der Waals surface area contributed by atoms with Gasteiger partial charge in [-0.1, -0.05) is 30.3 Å². The van der Waals surface area contributed by atoms with Crippen molar-refractivity contribution in [2.45, 2.75) is 25.2 Å². The van der Waals surface area contributed by atoms with E-state index >= 15 is 0 Å². The Balaban J connectivity index is 1.95. The number of carbonyl (C=O) groups is 1. The molecule has 156 valence electrons. The van der Waals surface area contributed by atoms with Crippen molar-refractivity contribution < 1.29 is 27.9 Å². The molecular weight excluding hydrogens is 394 g/mol. The molecule has 0 aliphatic rings. The van der Waals surface area contributed by atoms with Gasteiger partial charge >= 0.3 is 5.97 Å². The molecule has 0 heterocycles. The zero-order valence-electron chi connectivity index (χ0n) is 16.4. The zero-order valence-corrected chi connectivity index (χ0v) is 17.2. The number of hydroxylamine groups is 1. The number of ether oxygens (including phenoxy) is 1. The number of benzene rings is 2. The number of carboxylic acid groups (broad SMARTS) is 1. The second-order valence-corrected chi connectivity index (χ2v) is 8.35. The van der Waals surface area contributed by atoms with E-state index in [0.717, 1.165) is 5.56 Å². The topological polar surface area (TPSA) is 102 Å². The highest BCUT2D eigenvalue weighted by atomic mass is 32.2. The maximum absolute atomic E-state index is 12.2. The lowest BCUT2D eigenvalue weighted by Crippen LogP contribution is -2.18. The molecule has 2 aromatic rings. The summed E-state index contributed by atoms with van der Waals surface area (Å²) in [4.78, 5) is 16.8. The Morgan fingerprint density at radius 1 is 1.07 bits per heavy atom. The van der Waals surface area contributed by atoms with Gasteiger partial charge in [0, 0.05) is 12.1 Å². The molecule has 2 N–H and O–H groups in total. The van der Waals surface area contributed by atoms with Crippen LogP contribution in [-0.4, -0.2) is 38.5 Å². The normalized spacial score (nSPS) is 12.2. The molecule has 0 aliphatic heterocycles. The number of hydrogen-bond donors (Lipinski definition) is 2. The summed E-state index contributed by atoms with van der Waals surface area (Å²) in [5, 5.41) is 9.41. The van der Waals surface area contributed by atoms with Gasteiger partial charge in [-0.2, -0.15) is 0 Å². The molecule has 0 radical (unpaired) electrons. The number of aliphatic carboxylic acids is 1. The van der Waals surface area contributed by atoms with Crippen LogP contribution in [0.25, 0.3) is 0 Å². The van der Waals surface area contributed by atoms with Gasteiger partial charge in [-0.05, 0) is 43.7 Å². The van der Waals surface area contributed by atoms with E-state index in [0.29, 0.717) is 18.1 Å². The molecule has 0 saturated heterocycles. The van der Waals surface area contributed by atoms with E-state index in [1.54, 1.807) is 68.4 Å². The summed E-state index contributed by atoms with van der Waals surface area (Å²) in [6, 6.07) is 15.1. The van der Waals surface area contributed by atoms with Gasteiger partial charge in [-0.15, -0.1) is 0 Å². The highest BCUT2D eigenvalue weighted by molar-refractivity contribution is 7.91. The SMILES string of the molecule is CCONC(C)=C(Cc1ccc(OCCS(=O)(=O)c2ccccc2)cc1)C(=O)O. The van der Waals surface area contributed by atoms with Crippen molar-refractivity contribution in [3.8, 4) is 5.75 Å². The Morgan fingerprint density at radius 3 is 2.31 bits per heavy atom. The highest BCUT2D eigenvalue weighted by Gasteiger charge is 2.15. The summed E-state index contributed by atoms with van der Waals surface area (Å²) in [7, 11) is -3.40. The summed E-state index contributed by atoms with van der Waals surface area (Å²) in [5.74, 6) is -0.643. The molecule has 0 bridgehead atoms. The average molecular weight is 419 g/mol. The van der Waals surface area contributed by atoms with E-state index in [-0.39, 0.29) is 29.2 Å². The number of sulfone groups is 1. The van der Waals surface area contributed by atoms with E-state index in [9.17, 15) is 18.3 Å². The maximum atomic E-state index is 12.2. The standard InChI is InChI=1S/C21H25NO6S/c1-3-28-22-16(2)20(21(23)24)15-17-9-11-18(12-10-17)27-13-14-29(25,26)19-7-5-4-6-8-19/h4-12,22H,3,13-15H2,1-2H3,(H,23,24). The molecule has 0 unspecified atom stereocenters. The van der Waals surface area contributed by atoms with Crippen molar-refractivity contribution in [1.82, 2.24) is 5.48 Å². The van der Waals surface area contributed by atoms with Crippen LogP contribution in [0.3, 0.4) is 0 Å². The van der Waals surface area contributed by atoms with Crippen LogP contribution < -0.4 is 10.2 Å². The first-order chi connectivity index (χ1) is 13.8. The number of nitrogens with one attached hydrogen (secondary N) is 1. The van der Waals surface area contributed by atoms with Gasteiger partial charge < -0.3 is 9.84 Å². The minimum absolute atomic E-state index is 0.0221. The fourth-order valence-corrected chi connectivity index (χ4v) is 3.64. The monoisotopic (exact) mass is 419 g/mol. The summed E-state index contributed by atoms with van der Waals surface area (Å²) >= 11 is 0. The largest absolute Gasteiger partial charge is 0.493 e. The molecule has 2 rings (SSSR count). The van der Waals surface area contributed by atoms with Gasteiger partial charge in [0.1, 0.15) is 12.4 Å². The molecule has 0 amide bonds. The van der Waals surface area contributed by atoms with Crippen LogP contribution in [0.4, 0.5) is 0 Å². The Morgan fingerprint density at radius 2 is 1.72 bits per heavy atom. The summed E-state index contributed by atoms with van der Waals surface area (Å²) < 4.78 is 30.0. The third-order valence-electron chi connectivity index (χ3n) is 4.11. The third kappa shape index (κ3) is 6.92. The molecule has 0 atom stereocenters. The van der Waals surface area contributed by atoms with Gasteiger partial charge in [-0.25, -0.2) is 13.2 Å². The zero-order chi connectivity index (χ0) is 21.3. The predicted octanol–water partition coefficient (Wildman–Crippen LogP) is 2.98. The van der Waals surface area contributed by atoms with Gasteiger partial charge in [-0.3, -0.25) is 10.3 Å². The van der Waals surface area contributed by atoms with Crippen molar-refractivity contribution in [3.05, 3.63) is 71.4 Å².